The first-order valence-corrected chi connectivity index (χ1v) is 5.76. The average molecular weight is 210 g/mol. The number of carboxylic acids is 1. The Kier molecular flexibility index (Phi) is 4.94. The second kappa shape index (κ2) is 5.18. The van der Waals surface area contributed by atoms with E-state index in [0.29, 0.717) is 0 Å². The van der Waals surface area contributed by atoms with E-state index in [-0.39, 0.29) is 18.1 Å². The standard InChI is InChI=1S/C7H14O5S/c1-3-13(10,11)5-4-12-6(2)7(8)9/h6H,3-5H2,1-2H3,(H,8,9)/t6-/m1/s1. The molecule has 0 aromatic heterocycles. The van der Waals surface area contributed by atoms with Gasteiger partial charge in [-0.05, 0) is 6.92 Å². The van der Waals surface area contributed by atoms with E-state index < -0.39 is 21.9 Å². The first-order chi connectivity index (χ1) is 5.89. The molecule has 0 bridgehead atoms. The van der Waals surface area contributed by atoms with Crippen LogP contribution >= 0.6 is 0 Å². The number of hydrogen-bond acceptors (Lipinski definition) is 4. The number of sulfone groups is 1. The quantitative estimate of drug-likeness (QED) is 0.662. The molecule has 0 aromatic carbocycles. The number of aliphatic carboxylic acids is 1. The first kappa shape index (κ1) is 12.4. The fraction of sp³-hybridized carbons (Fsp3) is 0.857. The van der Waals surface area contributed by atoms with Gasteiger partial charge in [0.25, 0.3) is 0 Å². The lowest BCUT2D eigenvalue weighted by Gasteiger charge is -2.07. The molecule has 0 aromatic rings. The predicted octanol–water partition coefficient (Wildman–Crippen LogP) is -0.0892. The summed E-state index contributed by atoms with van der Waals surface area (Å²) in [5.41, 5.74) is 0. The van der Waals surface area contributed by atoms with Crippen LogP contribution in [-0.4, -0.2) is 43.7 Å². The molecule has 0 spiro atoms. The largest absolute Gasteiger partial charge is 0.479 e. The fourth-order valence-electron chi connectivity index (χ4n) is 0.567. The molecule has 0 heterocycles. The summed E-state index contributed by atoms with van der Waals surface area (Å²) in [6, 6.07) is 0. The molecular formula is C7H14O5S. The summed E-state index contributed by atoms with van der Waals surface area (Å²) in [4.78, 5) is 10.2. The van der Waals surface area contributed by atoms with Crippen molar-refractivity contribution < 1.29 is 23.1 Å². The van der Waals surface area contributed by atoms with Crippen LogP contribution in [0.15, 0.2) is 0 Å². The zero-order valence-corrected chi connectivity index (χ0v) is 8.50. The van der Waals surface area contributed by atoms with Crippen LogP contribution in [-0.2, 0) is 19.4 Å². The van der Waals surface area contributed by atoms with Crippen LogP contribution in [0.1, 0.15) is 13.8 Å². The molecule has 1 atom stereocenters. The van der Waals surface area contributed by atoms with Crippen molar-refractivity contribution in [2.75, 3.05) is 18.1 Å². The number of rotatable bonds is 6. The van der Waals surface area contributed by atoms with E-state index in [1.165, 1.54) is 13.8 Å². The minimum atomic E-state index is -3.06. The summed E-state index contributed by atoms with van der Waals surface area (Å²) in [5.74, 6) is -1.16. The van der Waals surface area contributed by atoms with Crippen molar-refractivity contribution in [2.45, 2.75) is 20.0 Å². The van der Waals surface area contributed by atoms with Gasteiger partial charge < -0.3 is 9.84 Å². The van der Waals surface area contributed by atoms with Crippen LogP contribution in [0.25, 0.3) is 0 Å². The lowest BCUT2D eigenvalue weighted by Crippen LogP contribution is -2.23. The number of hydrogen-bond donors (Lipinski definition) is 1. The van der Waals surface area contributed by atoms with E-state index in [0.717, 1.165) is 0 Å². The van der Waals surface area contributed by atoms with E-state index in [9.17, 15) is 13.2 Å². The van der Waals surface area contributed by atoms with Crippen molar-refractivity contribution in [3.63, 3.8) is 0 Å². The zero-order chi connectivity index (χ0) is 10.5. The Morgan fingerprint density at radius 3 is 2.46 bits per heavy atom. The Hall–Kier alpha value is -0.620. The molecule has 0 saturated carbocycles. The Bertz CT molecular complexity index is 256. The van der Waals surface area contributed by atoms with Crippen LogP contribution in [0.5, 0.6) is 0 Å². The Labute approximate surface area is 77.6 Å². The SMILES string of the molecule is CCS(=O)(=O)CCO[C@H](C)C(=O)O. The highest BCUT2D eigenvalue weighted by Crippen LogP contribution is 1.94. The lowest BCUT2D eigenvalue weighted by atomic mass is 10.4. The number of carboxylic acid groups (broad SMARTS) is 1. The maximum Gasteiger partial charge on any atom is 0.332 e. The van der Waals surface area contributed by atoms with Crippen molar-refractivity contribution >= 4 is 15.8 Å². The third-order valence-corrected chi connectivity index (χ3v) is 3.22. The topological polar surface area (TPSA) is 80.7 Å². The summed E-state index contributed by atoms with van der Waals surface area (Å²) >= 11 is 0. The minimum absolute atomic E-state index is 0.0534. The molecule has 13 heavy (non-hydrogen) atoms. The fourth-order valence-corrected chi connectivity index (χ4v) is 1.21. The van der Waals surface area contributed by atoms with Gasteiger partial charge in [-0.25, -0.2) is 13.2 Å². The molecule has 0 aliphatic carbocycles. The molecule has 0 radical (unpaired) electrons. The van der Waals surface area contributed by atoms with Gasteiger partial charge in [-0.2, -0.15) is 0 Å². The molecule has 5 nitrogen and oxygen atoms in total. The molecule has 0 aliphatic heterocycles. The van der Waals surface area contributed by atoms with E-state index in [1.807, 2.05) is 0 Å². The molecule has 0 amide bonds. The molecule has 6 heteroatoms. The smallest absolute Gasteiger partial charge is 0.332 e. The summed E-state index contributed by atoms with van der Waals surface area (Å²) in [6.45, 7) is 2.83. The van der Waals surface area contributed by atoms with Crippen molar-refractivity contribution in [3.8, 4) is 0 Å². The maximum atomic E-state index is 10.9. The second-order valence-electron chi connectivity index (χ2n) is 2.59. The van der Waals surface area contributed by atoms with Crippen LogP contribution in [0.4, 0.5) is 0 Å². The van der Waals surface area contributed by atoms with Gasteiger partial charge >= 0.3 is 5.97 Å². The van der Waals surface area contributed by atoms with E-state index >= 15 is 0 Å². The van der Waals surface area contributed by atoms with Crippen molar-refractivity contribution in [1.82, 2.24) is 0 Å². The van der Waals surface area contributed by atoms with Crippen molar-refractivity contribution in [3.05, 3.63) is 0 Å². The Morgan fingerprint density at radius 1 is 1.54 bits per heavy atom. The third kappa shape index (κ3) is 5.59. The van der Waals surface area contributed by atoms with Gasteiger partial charge in [0, 0.05) is 5.75 Å². The van der Waals surface area contributed by atoms with Crippen LogP contribution in [0.2, 0.25) is 0 Å². The van der Waals surface area contributed by atoms with Crippen LogP contribution in [0.3, 0.4) is 0 Å². The van der Waals surface area contributed by atoms with Gasteiger partial charge in [0.05, 0.1) is 12.4 Å². The average Bonchev–Trinajstić information content (AvgIpc) is 2.04. The molecule has 0 aliphatic rings. The van der Waals surface area contributed by atoms with Gasteiger partial charge in [-0.3, -0.25) is 0 Å². The number of carbonyl (C=O) groups is 1. The van der Waals surface area contributed by atoms with E-state index in [1.54, 1.807) is 0 Å². The van der Waals surface area contributed by atoms with Gasteiger partial charge in [0.15, 0.2) is 15.9 Å². The summed E-state index contributed by atoms with van der Waals surface area (Å²) in [7, 11) is -3.06. The predicted molar refractivity (Wildman–Crippen MR) is 47.4 cm³/mol. The highest BCUT2D eigenvalue weighted by molar-refractivity contribution is 7.91. The Balaban J connectivity index is 3.75. The minimum Gasteiger partial charge on any atom is -0.479 e. The molecule has 1 N–H and O–H groups in total. The number of ether oxygens (including phenoxy) is 1. The van der Waals surface area contributed by atoms with Crippen LogP contribution < -0.4 is 0 Å². The summed E-state index contributed by atoms with van der Waals surface area (Å²) < 4.78 is 26.6. The highest BCUT2D eigenvalue weighted by Gasteiger charge is 2.13. The molecule has 0 saturated heterocycles. The maximum absolute atomic E-state index is 10.9. The van der Waals surface area contributed by atoms with Crippen molar-refractivity contribution in [1.29, 1.82) is 0 Å². The van der Waals surface area contributed by atoms with Gasteiger partial charge in [0.2, 0.25) is 0 Å². The normalized spacial score (nSPS) is 14.0. The molecule has 0 rings (SSSR count). The van der Waals surface area contributed by atoms with E-state index in [2.05, 4.69) is 0 Å². The molecular weight excluding hydrogens is 196 g/mol. The highest BCUT2D eigenvalue weighted by atomic mass is 32.2. The van der Waals surface area contributed by atoms with Gasteiger partial charge in [-0.1, -0.05) is 6.92 Å². The Morgan fingerprint density at radius 2 is 2.08 bits per heavy atom. The van der Waals surface area contributed by atoms with Crippen molar-refractivity contribution in [2.24, 2.45) is 0 Å². The first-order valence-electron chi connectivity index (χ1n) is 3.94. The van der Waals surface area contributed by atoms with Gasteiger partial charge in [0.1, 0.15) is 0 Å². The third-order valence-electron chi connectivity index (χ3n) is 1.55. The molecule has 0 fully saturated rings. The second-order valence-corrected chi connectivity index (χ2v) is 5.06. The molecule has 78 valence electrons. The van der Waals surface area contributed by atoms with E-state index in [4.69, 9.17) is 9.84 Å². The van der Waals surface area contributed by atoms with Crippen LogP contribution in [0, 0.1) is 0 Å². The monoisotopic (exact) mass is 210 g/mol. The lowest BCUT2D eigenvalue weighted by molar-refractivity contribution is -0.148. The van der Waals surface area contributed by atoms with Gasteiger partial charge in [-0.15, -0.1) is 0 Å². The molecule has 0 unspecified atom stereocenters. The summed E-state index contributed by atoms with van der Waals surface area (Å²) in [5, 5.41) is 8.39. The summed E-state index contributed by atoms with van der Waals surface area (Å²) in [6.07, 6.45) is -0.952. The zero-order valence-electron chi connectivity index (χ0n) is 7.69.